The van der Waals surface area contributed by atoms with Gasteiger partial charge in [0.2, 0.25) is 0 Å². The topological polar surface area (TPSA) is 30.0 Å². The second-order valence-corrected chi connectivity index (χ2v) is 4.40. The Morgan fingerprint density at radius 3 is 2.53 bits per heavy atom. The third kappa shape index (κ3) is 2.25. The van der Waals surface area contributed by atoms with Crippen LogP contribution in [-0.4, -0.2) is 10.8 Å². The molecule has 1 heterocycles. The summed E-state index contributed by atoms with van der Waals surface area (Å²) in [4.78, 5) is 15.3. The molecule has 0 bridgehead atoms. The summed E-state index contributed by atoms with van der Waals surface area (Å²) in [5.41, 5.74) is 1.50. The average Bonchev–Trinajstić information content (AvgIpc) is 2.68. The maximum absolute atomic E-state index is 11.1. The van der Waals surface area contributed by atoms with Crippen molar-refractivity contribution >= 4 is 28.7 Å². The number of ketones is 1. The minimum atomic E-state index is -0.00790. The number of carbonyl (C=O) groups excluding carboxylic acids is 1. The van der Waals surface area contributed by atoms with Crippen LogP contribution in [0.25, 0.3) is 10.6 Å². The highest BCUT2D eigenvalue weighted by Crippen LogP contribution is 2.25. The van der Waals surface area contributed by atoms with Crippen molar-refractivity contribution in [3.05, 3.63) is 40.4 Å². The maximum Gasteiger partial charge on any atom is 0.178 e. The number of hydrogen-bond acceptors (Lipinski definition) is 3. The van der Waals surface area contributed by atoms with Gasteiger partial charge in [0.05, 0.1) is 0 Å². The Morgan fingerprint density at radius 2 is 2.00 bits per heavy atom. The summed E-state index contributed by atoms with van der Waals surface area (Å²) in [5.74, 6) is -0.00790. The maximum atomic E-state index is 11.1. The summed E-state index contributed by atoms with van der Waals surface area (Å²) >= 11 is 7.25. The molecule has 0 radical (unpaired) electrons. The zero-order valence-electron chi connectivity index (χ0n) is 8.03. The number of nitrogens with zero attached hydrogens (tertiary/aromatic N) is 1. The van der Waals surface area contributed by atoms with Crippen molar-refractivity contribution in [2.24, 2.45) is 0 Å². The van der Waals surface area contributed by atoms with E-state index in [1.54, 1.807) is 5.38 Å². The molecule has 15 heavy (non-hydrogen) atoms. The molecule has 1 aromatic carbocycles. The Bertz CT molecular complexity index is 490. The molecule has 0 saturated carbocycles. The highest BCUT2D eigenvalue weighted by molar-refractivity contribution is 7.13. The smallest absolute Gasteiger partial charge is 0.178 e. The van der Waals surface area contributed by atoms with Crippen molar-refractivity contribution in [1.82, 2.24) is 4.98 Å². The molecule has 0 atom stereocenters. The van der Waals surface area contributed by atoms with E-state index in [2.05, 4.69) is 4.98 Å². The molecule has 0 N–H and O–H groups in total. The number of halogens is 1. The van der Waals surface area contributed by atoms with Crippen LogP contribution in [0, 0.1) is 0 Å². The quantitative estimate of drug-likeness (QED) is 0.746. The lowest BCUT2D eigenvalue weighted by atomic mass is 10.2. The van der Waals surface area contributed by atoms with Crippen LogP contribution in [0.1, 0.15) is 17.4 Å². The second kappa shape index (κ2) is 4.13. The molecule has 0 aliphatic rings. The molecular weight excluding hydrogens is 230 g/mol. The van der Waals surface area contributed by atoms with Gasteiger partial charge in [0.15, 0.2) is 5.78 Å². The lowest BCUT2D eigenvalue weighted by Gasteiger charge is -1.95. The third-order valence-electron chi connectivity index (χ3n) is 1.96. The minimum Gasteiger partial charge on any atom is -0.293 e. The molecule has 0 fully saturated rings. The Hall–Kier alpha value is -1.19. The first-order valence-electron chi connectivity index (χ1n) is 4.39. The Kier molecular flexibility index (Phi) is 2.84. The summed E-state index contributed by atoms with van der Waals surface area (Å²) in [6.07, 6.45) is 0. The van der Waals surface area contributed by atoms with Crippen molar-refractivity contribution in [3.8, 4) is 10.6 Å². The molecule has 4 heteroatoms. The van der Waals surface area contributed by atoms with Gasteiger partial charge in [0.25, 0.3) is 0 Å². The van der Waals surface area contributed by atoms with Gasteiger partial charge in [-0.1, -0.05) is 23.7 Å². The van der Waals surface area contributed by atoms with Gasteiger partial charge in [-0.25, -0.2) is 4.98 Å². The SMILES string of the molecule is CC(=O)c1csc(-c2ccc(Cl)cc2)n1. The lowest BCUT2D eigenvalue weighted by molar-refractivity contribution is 0.101. The number of hydrogen-bond donors (Lipinski definition) is 0. The van der Waals surface area contributed by atoms with Gasteiger partial charge in [-0.15, -0.1) is 11.3 Å². The van der Waals surface area contributed by atoms with Crippen molar-refractivity contribution < 1.29 is 4.79 Å². The standard InChI is InChI=1S/C11H8ClNOS/c1-7(14)10-6-15-11(13-10)8-2-4-9(12)5-3-8/h2-6H,1H3. The van der Waals surface area contributed by atoms with Gasteiger partial charge in [0.1, 0.15) is 10.7 Å². The molecule has 0 unspecified atom stereocenters. The van der Waals surface area contributed by atoms with Gasteiger partial charge in [-0.2, -0.15) is 0 Å². The third-order valence-corrected chi connectivity index (χ3v) is 3.10. The van der Waals surface area contributed by atoms with Crippen LogP contribution in [0.4, 0.5) is 0 Å². The molecule has 0 saturated heterocycles. The van der Waals surface area contributed by atoms with E-state index in [1.807, 2.05) is 24.3 Å². The molecule has 1 aromatic heterocycles. The highest BCUT2D eigenvalue weighted by Gasteiger charge is 2.07. The minimum absolute atomic E-state index is 0.00790. The fourth-order valence-corrected chi connectivity index (χ4v) is 2.15. The predicted molar refractivity (Wildman–Crippen MR) is 62.6 cm³/mol. The predicted octanol–water partition coefficient (Wildman–Crippen LogP) is 3.67. The first-order valence-corrected chi connectivity index (χ1v) is 5.65. The normalized spacial score (nSPS) is 10.3. The first-order chi connectivity index (χ1) is 7.16. The van der Waals surface area contributed by atoms with E-state index in [4.69, 9.17) is 11.6 Å². The van der Waals surface area contributed by atoms with Crippen LogP contribution < -0.4 is 0 Å². The van der Waals surface area contributed by atoms with Crippen LogP contribution in [0.15, 0.2) is 29.6 Å². The Morgan fingerprint density at radius 1 is 1.33 bits per heavy atom. The van der Waals surface area contributed by atoms with E-state index in [9.17, 15) is 4.79 Å². The van der Waals surface area contributed by atoms with Crippen molar-refractivity contribution in [2.45, 2.75) is 6.92 Å². The molecule has 2 aromatic rings. The van der Waals surface area contributed by atoms with Crippen LogP contribution >= 0.6 is 22.9 Å². The highest BCUT2D eigenvalue weighted by atomic mass is 35.5. The molecule has 2 rings (SSSR count). The number of rotatable bonds is 2. The summed E-state index contributed by atoms with van der Waals surface area (Å²) in [5, 5.41) is 3.31. The van der Waals surface area contributed by atoms with E-state index in [0.717, 1.165) is 10.6 Å². The number of benzene rings is 1. The van der Waals surface area contributed by atoms with Crippen LogP contribution in [0.2, 0.25) is 5.02 Å². The van der Waals surface area contributed by atoms with Crippen LogP contribution in [0.5, 0.6) is 0 Å². The van der Waals surface area contributed by atoms with E-state index >= 15 is 0 Å². The Balaban J connectivity index is 2.37. The van der Waals surface area contributed by atoms with Crippen LogP contribution in [-0.2, 0) is 0 Å². The molecule has 0 amide bonds. The monoisotopic (exact) mass is 237 g/mol. The van der Waals surface area contributed by atoms with Gasteiger partial charge < -0.3 is 0 Å². The molecule has 0 aliphatic carbocycles. The van der Waals surface area contributed by atoms with Crippen molar-refractivity contribution in [2.75, 3.05) is 0 Å². The summed E-state index contributed by atoms with van der Waals surface area (Å²) in [7, 11) is 0. The van der Waals surface area contributed by atoms with Gasteiger partial charge >= 0.3 is 0 Å². The van der Waals surface area contributed by atoms with E-state index in [-0.39, 0.29) is 5.78 Å². The van der Waals surface area contributed by atoms with Crippen LogP contribution in [0.3, 0.4) is 0 Å². The zero-order chi connectivity index (χ0) is 10.8. The number of carbonyl (C=O) groups is 1. The molecular formula is C11H8ClNOS. The molecule has 0 spiro atoms. The van der Waals surface area contributed by atoms with E-state index in [0.29, 0.717) is 10.7 Å². The average molecular weight is 238 g/mol. The van der Waals surface area contributed by atoms with E-state index < -0.39 is 0 Å². The van der Waals surface area contributed by atoms with Crippen molar-refractivity contribution in [3.63, 3.8) is 0 Å². The van der Waals surface area contributed by atoms with Gasteiger partial charge in [-0.05, 0) is 12.1 Å². The molecule has 2 nitrogen and oxygen atoms in total. The number of thiazole rings is 1. The second-order valence-electron chi connectivity index (χ2n) is 3.10. The summed E-state index contributed by atoms with van der Waals surface area (Å²) in [6.45, 7) is 1.51. The Labute approximate surface area is 96.5 Å². The fraction of sp³-hybridized carbons (Fsp3) is 0.0909. The zero-order valence-corrected chi connectivity index (χ0v) is 9.60. The fourth-order valence-electron chi connectivity index (χ4n) is 1.16. The summed E-state index contributed by atoms with van der Waals surface area (Å²) < 4.78 is 0. The lowest BCUT2D eigenvalue weighted by Crippen LogP contribution is -1.91. The molecule has 76 valence electrons. The largest absolute Gasteiger partial charge is 0.293 e. The molecule has 0 aliphatic heterocycles. The first kappa shape index (κ1) is 10.3. The number of Topliss-reactive ketones (excluding diaryl/α,β-unsaturated/α-hetero) is 1. The van der Waals surface area contributed by atoms with Gasteiger partial charge in [0, 0.05) is 22.9 Å². The van der Waals surface area contributed by atoms with E-state index in [1.165, 1.54) is 18.3 Å². The number of aromatic nitrogens is 1. The summed E-state index contributed by atoms with van der Waals surface area (Å²) in [6, 6.07) is 7.41. The van der Waals surface area contributed by atoms with Crippen molar-refractivity contribution in [1.29, 1.82) is 0 Å². The van der Waals surface area contributed by atoms with Gasteiger partial charge in [-0.3, -0.25) is 4.79 Å².